The van der Waals surface area contributed by atoms with Crippen LogP contribution in [0, 0.1) is 12.8 Å². The predicted octanol–water partition coefficient (Wildman–Crippen LogP) is 4.32. The molecule has 13 heavy (non-hydrogen) atoms. The van der Waals surface area contributed by atoms with Crippen LogP contribution in [-0.2, 0) is 0 Å². The highest BCUT2D eigenvalue weighted by Crippen LogP contribution is 2.16. The van der Waals surface area contributed by atoms with Crippen LogP contribution >= 0.6 is 11.6 Å². The Morgan fingerprint density at radius 2 is 1.92 bits per heavy atom. The van der Waals surface area contributed by atoms with Crippen molar-refractivity contribution >= 4 is 17.7 Å². The van der Waals surface area contributed by atoms with Crippen LogP contribution < -0.4 is 0 Å². The van der Waals surface area contributed by atoms with Crippen molar-refractivity contribution in [1.29, 1.82) is 0 Å². The van der Waals surface area contributed by atoms with E-state index in [0.29, 0.717) is 5.92 Å². The normalized spacial score (nSPS) is 11.5. The Hall–Kier alpha value is -0.750. The standard InChI is InChI=1S/C12H15Cl/c1-9(2)4-5-11-6-10(3)7-12(13)8-11/h4-9H,1-3H3/b5-4+. The molecule has 0 radical (unpaired) electrons. The molecule has 0 N–H and O–H groups in total. The van der Waals surface area contributed by atoms with E-state index in [2.05, 4.69) is 39.0 Å². The second-order valence-corrected chi connectivity index (χ2v) is 4.10. The summed E-state index contributed by atoms with van der Waals surface area (Å²) in [6, 6.07) is 6.08. The van der Waals surface area contributed by atoms with Gasteiger partial charge in [-0.1, -0.05) is 43.7 Å². The summed E-state index contributed by atoms with van der Waals surface area (Å²) < 4.78 is 0. The van der Waals surface area contributed by atoms with Gasteiger partial charge in [0.25, 0.3) is 0 Å². The molecule has 0 saturated heterocycles. The Morgan fingerprint density at radius 1 is 1.23 bits per heavy atom. The van der Waals surface area contributed by atoms with E-state index in [0.717, 1.165) is 5.02 Å². The molecule has 0 saturated carbocycles. The number of rotatable bonds is 2. The molecule has 1 rings (SSSR count). The van der Waals surface area contributed by atoms with Crippen LogP contribution in [0.5, 0.6) is 0 Å². The van der Waals surface area contributed by atoms with Crippen molar-refractivity contribution < 1.29 is 0 Å². The summed E-state index contributed by atoms with van der Waals surface area (Å²) in [5, 5.41) is 0.809. The maximum absolute atomic E-state index is 5.93. The number of hydrogen-bond donors (Lipinski definition) is 0. The van der Waals surface area contributed by atoms with Crippen LogP contribution in [0.3, 0.4) is 0 Å². The summed E-state index contributed by atoms with van der Waals surface area (Å²) in [6.45, 7) is 6.38. The third kappa shape index (κ3) is 3.65. The van der Waals surface area contributed by atoms with Crippen molar-refractivity contribution in [1.82, 2.24) is 0 Å². The molecule has 0 aliphatic rings. The summed E-state index contributed by atoms with van der Waals surface area (Å²) >= 11 is 5.93. The maximum atomic E-state index is 5.93. The van der Waals surface area contributed by atoms with Crippen LogP contribution in [0.15, 0.2) is 24.3 Å². The van der Waals surface area contributed by atoms with Gasteiger partial charge in [0.1, 0.15) is 0 Å². The van der Waals surface area contributed by atoms with E-state index in [9.17, 15) is 0 Å². The lowest BCUT2D eigenvalue weighted by molar-refractivity contribution is 0.836. The maximum Gasteiger partial charge on any atom is 0.0414 e. The molecule has 70 valence electrons. The van der Waals surface area contributed by atoms with Gasteiger partial charge in [-0.3, -0.25) is 0 Å². The minimum absolute atomic E-state index is 0.583. The lowest BCUT2D eigenvalue weighted by Crippen LogP contribution is -1.80. The van der Waals surface area contributed by atoms with Crippen molar-refractivity contribution in [3.05, 3.63) is 40.4 Å². The number of benzene rings is 1. The summed E-state index contributed by atoms with van der Waals surface area (Å²) in [5.41, 5.74) is 2.38. The summed E-state index contributed by atoms with van der Waals surface area (Å²) in [7, 11) is 0. The first-order valence-corrected chi connectivity index (χ1v) is 4.91. The first-order chi connectivity index (χ1) is 6.08. The Labute approximate surface area is 85.2 Å². The van der Waals surface area contributed by atoms with Gasteiger partial charge in [0.15, 0.2) is 0 Å². The fourth-order valence-electron chi connectivity index (χ4n) is 1.16. The molecule has 0 bridgehead atoms. The zero-order chi connectivity index (χ0) is 9.84. The number of hydrogen-bond acceptors (Lipinski definition) is 0. The molecule has 0 spiro atoms. The third-order valence-corrected chi connectivity index (χ3v) is 1.96. The molecule has 0 aliphatic heterocycles. The molecule has 0 atom stereocenters. The SMILES string of the molecule is Cc1cc(Cl)cc(/C=C/C(C)C)c1. The zero-order valence-electron chi connectivity index (χ0n) is 8.34. The van der Waals surface area contributed by atoms with Gasteiger partial charge in [0.05, 0.1) is 0 Å². The molecule has 0 aromatic heterocycles. The van der Waals surface area contributed by atoms with Gasteiger partial charge in [0.2, 0.25) is 0 Å². The smallest absolute Gasteiger partial charge is 0.0414 e. The Bertz CT molecular complexity index is 291. The Kier molecular flexibility index (Phi) is 3.56. The van der Waals surface area contributed by atoms with Gasteiger partial charge in [-0.05, 0) is 36.1 Å². The fraction of sp³-hybridized carbons (Fsp3) is 0.333. The Balaban J connectivity index is 2.89. The van der Waals surface area contributed by atoms with E-state index >= 15 is 0 Å². The molecule has 0 amide bonds. The van der Waals surface area contributed by atoms with Gasteiger partial charge >= 0.3 is 0 Å². The highest BCUT2D eigenvalue weighted by molar-refractivity contribution is 6.30. The van der Waals surface area contributed by atoms with Crippen molar-refractivity contribution in [3.8, 4) is 0 Å². The van der Waals surface area contributed by atoms with E-state index in [1.807, 2.05) is 12.1 Å². The van der Waals surface area contributed by atoms with Crippen LogP contribution in [0.4, 0.5) is 0 Å². The quantitative estimate of drug-likeness (QED) is 0.658. The second kappa shape index (κ2) is 4.48. The fourth-order valence-corrected chi connectivity index (χ4v) is 1.46. The van der Waals surface area contributed by atoms with Gasteiger partial charge in [-0.15, -0.1) is 0 Å². The van der Waals surface area contributed by atoms with E-state index < -0.39 is 0 Å². The molecular formula is C12H15Cl. The predicted molar refractivity (Wildman–Crippen MR) is 60.1 cm³/mol. The highest BCUT2D eigenvalue weighted by Gasteiger charge is 1.93. The topological polar surface area (TPSA) is 0 Å². The number of aryl methyl sites for hydroxylation is 1. The van der Waals surface area contributed by atoms with Gasteiger partial charge < -0.3 is 0 Å². The van der Waals surface area contributed by atoms with E-state index in [4.69, 9.17) is 11.6 Å². The van der Waals surface area contributed by atoms with E-state index in [-0.39, 0.29) is 0 Å². The van der Waals surface area contributed by atoms with Crippen LogP contribution in [0.25, 0.3) is 6.08 Å². The minimum atomic E-state index is 0.583. The largest absolute Gasteiger partial charge is 0.0843 e. The third-order valence-electron chi connectivity index (χ3n) is 1.74. The van der Waals surface area contributed by atoms with E-state index in [1.54, 1.807) is 0 Å². The van der Waals surface area contributed by atoms with Crippen LogP contribution in [0.1, 0.15) is 25.0 Å². The monoisotopic (exact) mass is 194 g/mol. The first kappa shape index (κ1) is 10.3. The van der Waals surface area contributed by atoms with Crippen molar-refractivity contribution in [2.75, 3.05) is 0 Å². The number of allylic oxidation sites excluding steroid dienone is 1. The van der Waals surface area contributed by atoms with Gasteiger partial charge in [0, 0.05) is 5.02 Å². The molecule has 0 nitrogen and oxygen atoms in total. The molecule has 1 aromatic rings. The Morgan fingerprint density at radius 3 is 2.46 bits per heavy atom. The summed E-state index contributed by atoms with van der Waals surface area (Å²) in [5.74, 6) is 0.583. The lowest BCUT2D eigenvalue weighted by atomic mass is 10.1. The van der Waals surface area contributed by atoms with Crippen LogP contribution in [-0.4, -0.2) is 0 Å². The average molecular weight is 195 g/mol. The van der Waals surface area contributed by atoms with Gasteiger partial charge in [-0.2, -0.15) is 0 Å². The second-order valence-electron chi connectivity index (χ2n) is 3.67. The van der Waals surface area contributed by atoms with Crippen molar-refractivity contribution in [2.24, 2.45) is 5.92 Å². The molecular weight excluding hydrogens is 180 g/mol. The molecule has 1 heteroatoms. The molecule has 0 unspecified atom stereocenters. The van der Waals surface area contributed by atoms with E-state index in [1.165, 1.54) is 11.1 Å². The van der Waals surface area contributed by atoms with Crippen molar-refractivity contribution in [3.63, 3.8) is 0 Å². The molecule has 0 heterocycles. The molecule has 0 fully saturated rings. The lowest BCUT2D eigenvalue weighted by Gasteiger charge is -1.99. The first-order valence-electron chi connectivity index (χ1n) is 4.53. The molecule has 0 aliphatic carbocycles. The van der Waals surface area contributed by atoms with Gasteiger partial charge in [-0.25, -0.2) is 0 Å². The van der Waals surface area contributed by atoms with Crippen molar-refractivity contribution in [2.45, 2.75) is 20.8 Å². The van der Waals surface area contributed by atoms with Crippen LogP contribution in [0.2, 0.25) is 5.02 Å². The average Bonchev–Trinajstić information content (AvgIpc) is 1.99. The molecule has 1 aromatic carbocycles. The minimum Gasteiger partial charge on any atom is -0.0843 e. The highest BCUT2D eigenvalue weighted by atomic mass is 35.5. The summed E-state index contributed by atoms with van der Waals surface area (Å²) in [6.07, 6.45) is 4.29. The zero-order valence-corrected chi connectivity index (χ0v) is 9.10. The number of halogens is 1. The summed E-state index contributed by atoms with van der Waals surface area (Å²) in [4.78, 5) is 0.